The van der Waals surface area contributed by atoms with Gasteiger partial charge in [-0.25, -0.2) is 0 Å². The molecule has 2 N–H and O–H groups in total. The Labute approximate surface area is 164 Å². The predicted molar refractivity (Wildman–Crippen MR) is 113 cm³/mol. The van der Waals surface area contributed by atoms with Gasteiger partial charge >= 0.3 is 0 Å². The van der Waals surface area contributed by atoms with Gasteiger partial charge in [-0.2, -0.15) is 0 Å². The Kier molecular flexibility index (Phi) is 4.89. The smallest absolute Gasteiger partial charge is 0.193 e. The number of benzene rings is 4. The van der Waals surface area contributed by atoms with Crippen molar-refractivity contribution in [2.45, 2.75) is 0 Å². The van der Waals surface area contributed by atoms with E-state index in [-0.39, 0.29) is 5.78 Å². The highest BCUT2D eigenvalue weighted by atomic mass is 16.5. The summed E-state index contributed by atoms with van der Waals surface area (Å²) in [5.74, 6) is 1.24. The second-order valence-corrected chi connectivity index (χ2v) is 6.47. The van der Waals surface area contributed by atoms with Crippen LogP contribution in [0.25, 0.3) is 11.1 Å². The summed E-state index contributed by atoms with van der Waals surface area (Å²) in [5.41, 5.74) is 9.80. The van der Waals surface area contributed by atoms with E-state index < -0.39 is 0 Å². The van der Waals surface area contributed by atoms with Crippen LogP contribution in [0.2, 0.25) is 0 Å². The maximum Gasteiger partial charge on any atom is 0.193 e. The van der Waals surface area contributed by atoms with E-state index in [0.717, 1.165) is 11.1 Å². The van der Waals surface area contributed by atoms with Gasteiger partial charge in [0.05, 0.1) is 0 Å². The van der Waals surface area contributed by atoms with E-state index in [1.54, 1.807) is 36.4 Å². The topological polar surface area (TPSA) is 52.3 Å². The number of nitrogen functional groups attached to an aromatic ring is 1. The van der Waals surface area contributed by atoms with Crippen molar-refractivity contribution in [1.29, 1.82) is 0 Å². The molecule has 0 aliphatic rings. The van der Waals surface area contributed by atoms with Gasteiger partial charge in [0.25, 0.3) is 0 Å². The molecule has 0 radical (unpaired) electrons. The molecule has 3 nitrogen and oxygen atoms in total. The first-order chi connectivity index (χ1) is 13.7. The van der Waals surface area contributed by atoms with E-state index in [1.165, 1.54) is 0 Å². The zero-order valence-electron chi connectivity index (χ0n) is 15.2. The number of hydrogen-bond donors (Lipinski definition) is 1. The van der Waals surface area contributed by atoms with Crippen molar-refractivity contribution in [3.05, 3.63) is 114 Å². The number of anilines is 1. The molecule has 0 saturated heterocycles. The molecule has 0 bridgehead atoms. The third kappa shape index (κ3) is 3.94. The van der Waals surface area contributed by atoms with Crippen LogP contribution in [0.4, 0.5) is 5.69 Å². The lowest BCUT2D eigenvalue weighted by atomic mass is 9.99. The Morgan fingerprint density at radius 3 is 2.00 bits per heavy atom. The van der Waals surface area contributed by atoms with Gasteiger partial charge in [0, 0.05) is 16.8 Å². The van der Waals surface area contributed by atoms with Crippen LogP contribution >= 0.6 is 0 Å². The summed E-state index contributed by atoms with van der Waals surface area (Å²) >= 11 is 0. The first-order valence-corrected chi connectivity index (χ1v) is 9.03. The fourth-order valence-corrected chi connectivity index (χ4v) is 2.98. The van der Waals surface area contributed by atoms with Crippen LogP contribution in [0.5, 0.6) is 11.5 Å². The lowest BCUT2D eigenvalue weighted by Gasteiger charge is -2.08. The standard InChI is InChI=1S/C25H19NO2/c26-22-13-15-23(16-14-22)28-24-8-4-7-21(17-24)25(27)20-11-9-19(10-12-20)18-5-2-1-3-6-18/h1-17H,26H2. The Bertz CT molecular complexity index is 1090. The molecule has 4 rings (SSSR count). The van der Waals surface area contributed by atoms with Crippen LogP contribution < -0.4 is 10.5 Å². The predicted octanol–water partition coefficient (Wildman–Crippen LogP) is 5.96. The first kappa shape index (κ1) is 17.6. The third-order valence-corrected chi connectivity index (χ3v) is 4.47. The summed E-state index contributed by atoms with van der Waals surface area (Å²) in [6.45, 7) is 0. The van der Waals surface area contributed by atoms with Crippen LogP contribution in [0.15, 0.2) is 103 Å². The lowest BCUT2D eigenvalue weighted by Crippen LogP contribution is -2.01. The molecule has 4 aromatic rings. The van der Waals surface area contributed by atoms with Gasteiger partial charge in [-0.05, 0) is 47.5 Å². The van der Waals surface area contributed by atoms with Gasteiger partial charge in [0.15, 0.2) is 5.78 Å². The number of nitrogens with two attached hydrogens (primary N) is 1. The van der Waals surface area contributed by atoms with Crippen molar-refractivity contribution in [1.82, 2.24) is 0 Å². The average molecular weight is 365 g/mol. The second-order valence-electron chi connectivity index (χ2n) is 6.47. The molecule has 0 atom stereocenters. The van der Waals surface area contributed by atoms with Crippen LogP contribution in [-0.4, -0.2) is 5.78 Å². The van der Waals surface area contributed by atoms with E-state index in [4.69, 9.17) is 10.5 Å². The van der Waals surface area contributed by atoms with Crippen LogP contribution in [0, 0.1) is 0 Å². The van der Waals surface area contributed by atoms with E-state index in [9.17, 15) is 4.79 Å². The summed E-state index contributed by atoms with van der Waals surface area (Å²) in [7, 11) is 0. The molecule has 136 valence electrons. The molecular weight excluding hydrogens is 346 g/mol. The lowest BCUT2D eigenvalue weighted by molar-refractivity contribution is 0.103. The van der Waals surface area contributed by atoms with E-state index in [2.05, 4.69) is 12.1 Å². The maximum atomic E-state index is 12.9. The molecule has 0 unspecified atom stereocenters. The molecule has 0 spiro atoms. The molecule has 4 aromatic carbocycles. The maximum absolute atomic E-state index is 12.9. The van der Waals surface area contributed by atoms with Gasteiger partial charge < -0.3 is 10.5 Å². The largest absolute Gasteiger partial charge is 0.457 e. The van der Waals surface area contributed by atoms with Gasteiger partial charge in [-0.1, -0.05) is 66.7 Å². The summed E-state index contributed by atoms with van der Waals surface area (Å²) in [4.78, 5) is 12.9. The molecule has 0 saturated carbocycles. The van der Waals surface area contributed by atoms with Crippen LogP contribution in [0.1, 0.15) is 15.9 Å². The highest BCUT2D eigenvalue weighted by Crippen LogP contribution is 2.25. The Hall–Kier alpha value is -3.85. The SMILES string of the molecule is Nc1ccc(Oc2cccc(C(=O)c3ccc(-c4ccccc4)cc3)c2)cc1. The zero-order chi connectivity index (χ0) is 19.3. The zero-order valence-corrected chi connectivity index (χ0v) is 15.2. The Morgan fingerprint density at radius 2 is 1.29 bits per heavy atom. The molecule has 3 heteroatoms. The number of hydrogen-bond acceptors (Lipinski definition) is 3. The number of rotatable bonds is 5. The van der Waals surface area contributed by atoms with Gasteiger partial charge in [-0.15, -0.1) is 0 Å². The minimum absolute atomic E-state index is 0.0395. The van der Waals surface area contributed by atoms with E-state index >= 15 is 0 Å². The molecule has 0 amide bonds. The summed E-state index contributed by atoms with van der Waals surface area (Å²) < 4.78 is 5.83. The monoisotopic (exact) mass is 365 g/mol. The molecule has 0 fully saturated rings. The van der Waals surface area contributed by atoms with Crippen molar-refractivity contribution >= 4 is 11.5 Å². The molecule has 0 aromatic heterocycles. The number of carbonyl (C=O) groups excluding carboxylic acids is 1. The summed E-state index contributed by atoms with van der Waals surface area (Å²) in [6.07, 6.45) is 0. The second kappa shape index (κ2) is 7.80. The average Bonchev–Trinajstić information content (AvgIpc) is 2.76. The molecule has 0 aliphatic carbocycles. The molecule has 0 heterocycles. The number of ketones is 1. The first-order valence-electron chi connectivity index (χ1n) is 9.03. The normalized spacial score (nSPS) is 10.4. The van der Waals surface area contributed by atoms with Gasteiger partial charge in [-0.3, -0.25) is 4.79 Å². The van der Waals surface area contributed by atoms with Gasteiger partial charge in [0.1, 0.15) is 11.5 Å². The van der Waals surface area contributed by atoms with Crippen LogP contribution in [-0.2, 0) is 0 Å². The fourth-order valence-electron chi connectivity index (χ4n) is 2.98. The van der Waals surface area contributed by atoms with E-state index in [1.807, 2.05) is 54.6 Å². The quantitative estimate of drug-likeness (QED) is 0.351. The molecular formula is C25H19NO2. The van der Waals surface area contributed by atoms with Crippen molar-refractivity contribution in [2.75, 3.05) is 5.73 Å². The Morgan fingerprint density at radius 1 is 0.607 bits per heavy atom. The minimum atomic E-state index is -0.0395. The minimum Gasteiger partial charge on any atom is -0.457 e. The molecule has 0 aliphatic heterocycles. The summed E-state index contributed by atoms with van der Waals surface area (Å²) in [6, 6.07) is 32.1. The van der Waals surface area contributed by atoms with Crippen molar-refractivity contribution in [3.8, 4) is 22.6 Å². The van der Waals surface area contributed by atoms with E-state index in [0.29, 0.717) is 28.3 Å². The van der Waals surface area contributed by atoms with Gasteiger partial charge in [0.2, 0.25) is 0 Å². The third-order valence-electron chi connectivity index (χ3n) is 4.47. The van der Waals surface area contributed by atoms with Crippen molar-refractivity contribution in [3.63, 3.8) is 0 Å². The van der Waals surface area contributed by atoms with Crippen molar-refractivity contribution < 1.29 is 9.53 Å². The molecule has 28 heavy (non-hydrogen) atoms. The summed E-state index contributed by atoms with van der Waals surface area (Å²) in [5, 5.41) is 0. The van der Waals surface area contributed by atoms with Crippen molar-refractivity contribution in [2.24, 2.45) is 0 Å². The number of ether oxygens (including phenoxy) is 1. The number of carbonyl (C=O) groups is 1. The highest BCUT2D eigenvalue weighted by molar-refractivity contribution is 6.09. The fraction of sp³-hybridized carbons (Fsp3) is 0. The Balaban J connectivity index is 1.54. The van der Waals surface area contributed by atoms with Crippen LogP contribution in [0.3, 0.4) is 0 Å². The highest BCUT2D eigenvalue weighted by Gasteiger charge is 2.11.